The molecule has 1 atom stereocenters. The molecule has 1 saturated heterocycles. The van der Waals surface area contributed by atoms with E-state index in [1.165, 1.54) is 0 Å². The molecule has 3 N–H and O–H groups in total. The Hall–Kier alpha value is -2.97. The number of alkyl halides is 1. The van der Waals surface area contributed by atoms with Crippen molar-refractivity contribution in [3.05, 3.63) is 36.2 Å². The van der Waals surface area contributed by atoms with Crippen molar-refractivity contribution in [2.45, 2.75) is 50.4 Å². The van der Waals surface area contributed by atoms with Gasteiger partial charge in [0.1, 0.15) is 23.7 Å². The molecule has 2 aromatic heterocycles. The highest BCUT2D eigenvalue weighted by atomic mass is 19.1. The van der Waals surface area contributed by atoms with Crippen molar-refractivity contribution in [2.24, 2.45) is 5.73 Å². The molecular weight excluding hydrogens is 375 g/mol. The Bertz CT molecular complexity index is 858. The zero-order valence-electron chi connectivity index (χ0n) is 16.1. The molecule has 1 aliphatic carbocycles. The number of anilines is 2. The van der Waals surface area contributed by atoms with E-state index < -0.39 is 12.1 Å². The van der Waals surface area contributed by atoms with E-state index in [4.69, 9.17) is 10.5 Å². The summed E-state index contributed by atoms with van der Waals surface area (Å²) >= 11 is 0. The van der Waals surface area contributed by atoms with Crippen LogP contribution in [0, 0.1) is 0 Å². The molecule has 0 spiro atoms. The zero-order valence-corrected chi connectivity index (χ0v) is 16.1. The highest BCUT2D eigenvalue weighted by Gasteiger charge is 2.26. The third kappa shape index (κ3) is 4.72. The average Bonchev–Trinajstić information content (AvgIpc) is 3.16. The largest absolute Gasteiger partial charge is 0.474 e. The molecule has 1 saturated carbocycles. The number of amides is 1. The Labute approximate surface area is 168 Å². The van der Waals surface area contributed by atoms with Gasteiger partial charge < -0.3 is 20.7 Å². The van der Waals surface area contributed by atoms with Crippen molar-refractivity contribution in [3.8, 4) is 5.88 Å². The molecule has 8 nitrogen and oxygen atoms in total. The van der Waals surface area contributed by atoms with Crippen LogP contribution in [-0.4, -0.2) is 52.3 Å². The lowest BCUT2D eigenvalue weighted by molar-refractivity contribution is 0.0983. The molecule has 3 heterocycles. The Morgan fingerprint density at radius 3 is 2.72 bits per heavy atom. The van der Waals surface area contributed by atoms with Crippen LogP contribution in [0.2, 0.25) is 0 Å². The van der Waals surface area contributed by atoms with Gasteiger partial charge in [-0.2, -0.15) is 4.98 Å². The molecular formula is C20H25FN6O2. The first-order valence-electron chi connectivity index (χ1n) is 9.98. The highest BCUT2D eigenvalue weighted by molar-refractivity contribution is 5.94. The fourth-order valence-electron chi connectivity index (χ4n) is 3.86. The van der Waals surface area contributed by atoms with Gasteiger partial charge in [0.25, 0.3) is 5.91 Å². The number of ether oxygens (including phenoxy) is 1. The predicted molar refractivity (Wildman–Crippen MR) is 107 cm³/mol. The second-order valence-electron chi connectivity index (χ2n) is 7.53. The summed E-state index contributed by atoms with van der Waals surface area (Å²) in [5.74, 6) is 1.07. The maximum atomic E-state index is 13.5. The van der Waals surface area contributed by atoms with Gasteiger partial charge >= 0.3 is 0 Å². The van der Waals surface area contributed by atoms with Gasteiger partial charge in [0.2, 0.25) is 11.8 Å². The summed E-state index contributed by atoms with van der Waals surface area (Å²) in [7, 11) is 0. The van der Waals surface area contributed by atoms with Crippen molar-refractivity contribution in [3.63, 3.8) is 0 Å². The van der Waals surface area contributed by atoms with Crippen LogP contribution in [0.25, 0.3) is 0 Å². The molecule has 0 bridgehead atoms. The second-order valence-corrected chi connectivity index (χ2v) is 7.53. The van der Waals surface area contributed by atoms with E-state index >= 15 is 0 Å². The third-order valence-corrected chi connectivity index (χ3v) is 5.42. The standard InChI is InChI=1S/C20H25FN6O2/c21-13-8-11-27(12-13)17-7-10-24-20(26-17)25-14-3-5-15(6-4-14)29-19-16(18(22)28)2-1-9-23-19/h1-2,7,9-10,13-15H,3-6,8,11-12H2,(H2,22,28)(H,24,25,26)/t13-,14-,15-/m0/s1. The van der Waals surface area contributed by atoms with E-state index in [0.717, 1.165) is 31.5 Å². The quantitative estimate of drug-likeness (QED) is 0.766. The number of primary amides is 1. The molecule has 0 aromatic carbocycles. The number of hydrogen-bond donors (Lipinski definition) is 2. The van der Waals surface area contributed by atoms with Crippen LogP contribution >= 0.6 is 0 Å². The Morgan fingerprint density at radius 1 is 1.17 bits per heavy atom. The zero-order chi connectivity index (χ0) is 20.2. The lowest BCUT2D eigenvalue weighted by Crippen LogP contribution is -2.32. The first kappa shape index (κ1) is 19.4. The summed E-state index contributed by atoms with van der Waals surface area (Å²) in [5.41, 5.74) is 5.69. The van der Waals surface area contributed by atoms with E-state index in [9.17, 15) is 9.18 Å². The first-order chi connectivity index (χ1) is 14.1. The minimum Gasteiger partial charge on any atom is -0.474 e. The molecule has 9 heteroatoms. The molecule has 1 amide bonds. The van der Waals surface area contributed by atoms with Gasteiger partial charge in [0.15, 0.2) is 0 Å². The van der Waals surface area contributed by atoms with Crippen molar-refractivity contribution in [2.75, 3.05) is 23.3 Å². The molecule has 2 aromatic rings. The van der Waals surface area contributed by atoms with Gasteiger partial charge in [0, 0.05) is 25.0 Å². The highest BCUT2D eigenvalue weighted by Crippen LogP contribution is 2.27. The number of nitrogens with two attached hydrogens (primary N) is 1. The number of carbonyl (C=O) groups is 1. The molecule has 154 valence electrons. The number of nitrogens with one attached hydrogen (secondary N) is 1. The molecule has 2 aliphatic rings. The summed E-state index contributed by atoms with van der Waals surface area (Å²) < 4.78 is 19.4. The topological polar surface area (TPSA) is 106 Å². The molecule has 0 radical (unpaired) electrons. The second kappa shape index (κ2) is 8.59. The SMILES string of the molecule is NC(=O)c1cccnc1O[C@H]1CC[C@H](Nc2nccc(N3CC[C@H](F)C3)n2)CC1. The summed E-state index contributed by atoms with van der Waals surface area (Å²) in [5, 5.41) is 3.38. The van der Waals surface area contributed by atoms with Crippen molar-refractivity contribution in [1.29, 1.82) is 0 Å². The van der Waals surface area contributed by atoms with Crippen molar-refractivity contribution >= 4 is 17.7 Å². The molecule has 4 rings (SSSR count). The number of aromatic nitrogens is 3. The first-order valence-corrected chi connectivity index (χ1v) is 9.98. The Kier molecular flexibility index (Phi) is 5.73. The minimum atomic E-state index is -0.786. The molecule has 29 heavy (non-hydrogen) atoms. The van der Waals surface area contributed by atoms with Gasteiger partial charge in [-0.3, -0.25) is 4.79 Å². The molecule has 1 aliphatic heterocycles. The number of rotatable bonds is 6. The van der Waals surface area contributed by atoms with Crippen LogP contribution < -0.4 is 20.7 Å². The maximum absolute atomic E-state index is 13.5. The van der Waals surface area contributed by atoms with Crippen LogP contribution in [0.15, 0.2) is 30.6 Å². The van der Waals surface area contributed by atoms with E-state index in [1.54, 1.807) is 24.5 Å². The summed E-state index contributed by atoms with van der Waals surface area (Å²) in [6, 6.07) is 5.33. The number of nitrogens with zero attached hydrogens (tertiary/aromatic N) is 4. The van der Waals surface area contributed by atoms with Gasteiger partial charge in [-0.25, -0.2) is 14.4 Å². The van der Waals surface area contributed by atoms with Crippen LogP contribution in [0.3, 0.4) is 0 Å². The van der Waals surface area contributed by atoms with E-state index in [0.29, 0.717) is 36.9 Å². The maximum Gasteiger partial charge on any atom is 0.254 e. The third-order valence-electron chi connectivity index (χ3n) is 5.42. The van der Waals surface area contributed by atoms with Gasteiger partial charge in [-0.15, -0.1) is 0 Å². The number of pyridine rings is 1. The van der Waals surface area contributed by atoms with Gasteiger partial charge in [-0.05, 0) is 50.3 Å². The summed E-state index contributed by atoms with van der Waals surface area (Å²) in [6.45, 7) is 1.07. The fourth-order valence-corrected chi connectivity index (χ4v) is 3.86. The smallest absolute Gasteiger partial charge is 0.254 e. The summed E-state index contributed by atoms with van der Waals surface area (Å²) in [6.07, 6.45) is 6.45. The predicted octanol–water partition coefficient (Wildman–Crippen LogP) is 2.32. The van der Waals surface area contributed by atoms with Crippen LogP contribution in [0.4, 0.5) is 16.2 Å². The minimum absolute atomic E-state index is 0.0145. The summed E-state index contributed by atoms with van der Waals surface area (Å²) in [4.78, 5) is 26.5. The Balaban J connectivity index is 1.31. The fraction of sp³-hybridized carbons (Fsp3) is 0.500. The average molecular weight is 400 g/mol. The van der Waals surface area contributed by atoms with Crippen molar-refractivity contribution in [1.82, 2.24) is 15.0 Å². The molecule has 2 fully saturated rings. The normalized spacial score (nSPS) is 24.3. The Morgan fingerprint density at radius 2 is 2.00 bits per heavy atom. The van der Waals surface area contributed by atoms with Crippen LogP contribution in [-0.2, 0) is 0 Å². The number of carbonyl (C=O) groups excluding carboxylic acids is 1. The molecule has 0 unspecified atom stereocenters. The van der Waals surface area contributed by atoms with Gasteiger partial charge in [-0.1, -0.05) is 0 Å². The van der Waals surface area contributed by atoms with E-state index in [2.05, 4.69) is 20.3 Å². The number of hydrogen-bond acceptors (Lipinski definition) is 7. The monoisotopic (exact) mass is 400 g/mol. The van der Waals surface area contributed by atoms with Crippen LogP contribution in [0.5, 0.6) is 5.88 Å². The van der Waals surface area contributed by atoms with Gasteiger partial charge in [0.05, 0.1) is 6.54 Å². The van der Waals surface area contributed by atoms with Crippen molar-refractivity contribution < 1.29 is 13.9 Å². The lowest BCUT2D eigenvalue weighted by Gasteiger charge is -2.29. The van der Waals surface area contributed by atoms with E-state index in [-0.39, 0.29) is 12.1 Å². The van der Waals surface area contributed by atoms with E-state index in [1.807, 2.05) is 11.0 Å². The number of halogens is 1. The lowest BCUT2D eigenvalue weighted by atomic mass is 9.93. The van der Waals surface area contributed by atoms with Crippen LogP contribution in [0.1, 0.15) is 42.5 Å².